The van der Waals surface area contributed by atoms with E-state index in [2.05, 4.69) is 0 Å². The minimum atomic E-state index is 0.322. The number of hydrogen-bond acceptors (Lipinski definition) is 2. The van der Waals surface area contributed by atoms with Gasteiger partial charge in [-0.2, -0.15) is 0 Å². The third kappa shape index (κ3) is 4.49. The molecule has 0 aliphatic carbocycles. The molecular weight excluding hydrogens is 130 g/mol. The molecule has 0 amide bonds. The molecule has 0 fully saturated rings. The summed E-state index contributed by atoms with van der Waals surface area (Å²) in [7, 11) is 0. The second-order valence-electron chi connectivity index (χ2n) is 1.44. The van der Waals surface area contributed by atoms with Gasteiger partial charge in [-0.1, -0.05) is 18.2 Å². The highest BCUT2D eigenvalue weighted by molar-refractivity contribution is 5.18. The zero-order valence-electron chi connectivity index (χ0n) is 5.23. The van der Waals surface area contributed by atoms with Gasteiger partial charge in [-0.3, -0.25) is 0 Å². The second kappa shape index (κ2) is 5.47. The molecule has 0 saturated heterocycles. The van der Waals surface area contributed by atoms with Crippen molar-refractivity contribution < 1.29 is 5.11 Å². The van der Waals surface area contributed by atoms with Gasteiger partial charge in [0.25, 0.3) is 0 Å². The van der Waals surface area contributed by atoms with Crippen LogP contribution in [-0.2, 0) is 0 Å². The summed E-state index contributed by atoms with van der Waals surface area (Å²) in [5.41, 5.74) is 12.2. The predicted octanol–water partition coefficient (Wildman–Crippen LogP) is 2.27. The van der Waals surface area contributed by atoms with E-state index in [9.17, 15) is 0 Å². The standard InChI is InChI=1S/C6H6O.HN3/c7-6-4-2-1-3-5-6;1-3-2/h1-5,7H;1H. The lowest BCUT2D eigenvalue weighted by Gasteiger charge is -1.82. The second-order valence-corrected chi connectivity index (χ2v) is 1.44. The number of para-hydroxylation sites is 1. The van der Waals surface area contributed by atoms with Gasteiger partial charge in [-0.15, -0.1) is 5.53 Å². The first-order valence-electron chi connectivity index (χ1n) is 2.56. The van der Waals surface area contributed by atoms with Crippen molar-refractivity contribution in [1.82, 2.24) is 0 Å². The molecule has 2 N–H and O–H groups in total. The average Bonchev–Trinajstić information content (AvgIpc) is 1.91. The van der Waals surface area contributed by atoms with E-state index in [4.69, 9.17) is 16.2 Å². The highest BCUT2D eigenvalue weighted by atomic mass is 16.3. The van der Waals surface area contributed by atoms with Crippen LogP contribution < -0.4 is 0 Å². The molecule has 0 aromatic heterocycles. The van der Waals surface area contributed by atoms with E-state index in [0.717, 1.165) is 0 Å². The number of nitrogens with one attached hydrogen (secondary N) is 1. The lowest BCUT2D eigenvalue weighted by molar-refractivity contribution is 0.475. The quantitative estimate of drug-likeness (QED) is 0.321. The van der Waals surface area contributed by atoms with Crippen molar-refractivity contribution in [3.8, 4) is 5.75 Å². The molecule has 0 aliphatic rings. The maximum Gasteiger partial charge on any atom is 0.115 e. The molecule has 0 unspecified atom stereocenters. The lowest BCUT2D eigenvalue weighted by atomic mass is 10.3. The Morgan fingerprint density at radius 3 is 1.90 bits per heavy atom. The summed E-state index contributed by atoms with van der Waals surface area (Å²) < 4.78 is 0. The molecule has 1 aromatic rings. The zero-order valence-corrected chi connectivity index (χ0v) is 5.23. The van der Waals surface area contributed by atoms with Crippen LogP contribution in [-0.4, -0.2) is 5.11 Å². The van der Waals surface area contributed by atoms with E-state index in [1.807, 2.05) is 6.07 Å². The minimum Gasteiger partial charge on any atom is -0.508 e. The van der Waals surface area contributed by atoms with Crippen LogP contribution in [0.4, 0.5) is 0 Å². The number of nitrogens with zero attached hydrogens (tertiary/aromatic N) is 2. The molecule has 4 nitrogen and oxygen atoms in total. The van der Waals surface area contributed by atoms with Crippen LogP contribution in [0.15, 0.2) is 30.3 Å². The summed E-state index contributed by atoms with van der Waals surface area (Å²) in [6, 6.07) is 8.71. The van der Waals surface area contributed by atoms with Crippen molar-refractivity contribution in [2.45, 2.75) is 0 Å². The maximum atomic E-state index is 8.63. The van der Waals surface area contributed by atoms with Crippen molar-refractivity contribution in [3.63, 3.8) is 0 Å². The molecule has 1 rings (SSSR count). The fraction of sp³-hybridized carbons (Fsp3) is 0. The SMILES string of the molecule is Oc1ccccc1.[N-]=[N+]=N. The molecule has 0 bridgehead atoms. The van der Waals surface area contributed by atoms with Gasteiger partial charge in [0.1, 0.15) is 5.75 Å². The van der Waals surface area contributed by atoms with E-state index < -0.39 is 0 Å². The summed E-state index contributed by atoms with van der Waals surface area (Å²) in [5.74, 6) is 0.322. The predicted molar refractivity (Wildman–Crippen MR) is 37.5 cm³/mol. The molecule has 4 heteroatoms. The van der Waals surface area contributed by atoms with Crippen LogP contribution in [0.2, 0.25) is 0 Å². The van der Waals surface area contributed by atoms with E-state index in [0.29, 0.717) is 5.75 Å². The first-order chi connectivity index (χ1) is 4.81. The molecular formula is C6H7N3O. The van der Waals surface area contributed by atoms with Gasteiger partial charge >= 0.3 is 0 Å². The van der Waals surface area contributed by atoms with Gasteiger partial charge in [0.15, 0.2) is 0 Å². The molecule has 0 radical (unpaired) electrons. The van der Waals surface area contributed by atoms with Gasteiger partial charge in [-0.05, 0) is 22.6 Å². The Balaban J connectivity index is 0.000000236. The summed E-state index contributed by atoms with van der Waals surface area (Å²) in [5, 5.41) is 8.63. The van der Waals surface area contributed by atoms with Crippen molar-refractivity contribution in [1.29, 1.82) is 5.53 Å². The van der Waals surface area contributed by atoms with Crippen LogP contribution in [0.3, 0.4) is 0 Å². The molecule has 0 atom stereocenters. The van der Waals surface area contributed by atoms with E-state index >= 15 is 0 Å². The number of rotatable bonds is 0. The highest BCUT2D eigenvalue weighted by Gasteiger charge is 1.74. The average molecular weight is 137 g/mol. The lowest BCUT2D eigenvalue weighted by Crippen LogP contribution is -1.56. The molecule has 0 saturated carbocycles. The fourth-order valence-corrected chi connectivity index (χ4v) is 0.428. The minimum absolute atomic E-state index is 0.322. The monoisotopic (exact) mass is 137 g/mol. The van der Waals surface area contributed by atoms with E-state index in [-0.39, 0.29) is 0 Å². The molecule has 1 aromatic carbocycles. The summed E-state index contributed by atoms with van der Waals surface area (Å²) >= 11 is 0. The normalized spacial score (nSPS) is 6.80. The first kappa shape index (κ1) is 8.33. The van der Waals surface area contributed by atoms with Crippen LogP contribution in [0.25, 0.3) is 10.4 Å². The Kier molecular flexibility index (Phi) is 4.55. The van der Waals surface area contributed by atoms with Crippen LogP contribution in [0.5, 0.6) is 5.75 Å². The number of phenols is 1. The Hall–Kier alpha value is -1.67. The first-order valence-corrected chi connectivity index (χ1v) is 2.56. The Labute approximate surface area is 58.2 Å². The number of aromatic hydroxyl groups is 1. The molecule has 52 valence electrons. The molecule has 0 aliphatic heterocycles. The zero-order chi connectivity index (χ0) is 7.82. The Bertz CT molecular complexity index is 203. The largest absolute Gasteiger partial charge is 0.508 e. The van der Waals surface area contributed by atoms with Gasteiger partial charge in [0.2, 0.25) is 0 Å². The molecule has 0 spiro atoms. The van der Waals surface area contributed by atoms with Gasteiger partial charge in [-0.25, -0.2) is 0 Å². The fourth-order valence-electron chi connectivity index (χ4n) is 0.428. The third-order valence-electron chi connectivity index (χ3n) is 0.756. The van der Waals surface area contributed by atoms with E-state index in [1.54, 1.807) is 29.2 Å². The highest BCUT2D eigenvalue weighted by Crippen LogP contribution is 2.02. The number of hydrogen-bond donors (Lipinski definition) is 2. The number of phenolic OH excluding ortho intramolecular Hbond substituents is 1. The third-order valence-corrected chi connectivity index (χ3v) is 0.756. The summed E-state index contributed by atoms with van der Waals surface area (Å²) in [4.78, 5) is 1.75. The Morgan fingerprint density at radius 2 is 1.70 bits per heavy atom. The van der Waals surface area contributed by atoms with Gasteiger partial charge in [0, 0.05) is 0 Å². The van der Waals surface area contributed by atoms with Gasteiger partial charge < -0.3 is 5.11 Å². The smallest absolute Gasteiger partial charge is 0.115 e. The number of benzene rings is 1. The maximum absolute atomic E-state index is 8.63. The van der Waals surface area contributed by atoms with Crippen molar-refractivity contribution >= 4 is 0 Å². The van der Waals surface area contributed by atoms with Crippen molar-refractivity contribution in [2.75, 3.05) is 0 Å². The topological polar surface area (TPSA) is 80.5 Å². The van der Waals surface area contributed by atoms with Crippen LogP contribution in [0, 0.1) is 5.53 Å². The van der Waals surface area contributed by atoms with Crippen molar-refractivity contribution in [2.24, 2.45) is 0 Å². The van der Waals surface area contributed by atoms with Crippen LogP contribution in [0.1, 0.15) is 0 Å². The summed E-state index contributed by atoms with van der Waals surface area (Å²) in [6.45, 7) is 0. The van der Waals surface area contributed by atoms with E-state index in [1.165, 1.54) is 0 Å². The van der Waals surface area contributed by atoms with Gasteiger partial charge in [0.05, 0.1) is 0 Å². The van der Waals surface area contributed by atoms with Crippen molar-refractivity contribution in [3.05, 3.63) is 40.8 Å². The Morgan fingerprint density at radius 1 is 1.30 bits per heavy atom. The molecule has 10 heavy (non-hydrogen) atoms. The summed E-state index contributed by atoms with van der Waals surface area (Å²) in [6.07, 6.45) is 0. The molecule has 0 heterocycles. The van der Waals surface area contributed by atoms with Crippen LogP contribution >= 0.6 is 0 Å².